The van der Waals surface area contributed by atoms with Gasteiger partial charge in [-0.1, -0.05) is 6.42 Å². The SMILES string of the molecule is O=C(O)CCc1csc(NCC2CCC2)n1. The highest BCUT2D eigenvalue weighted by Crippen LogP contribution is 2.27. The highest BCUT2D eigenvalue weighted by molar-refractivity contribution is 7.13. The molecule has 4 nitrogen and oxygen atoms in total. The second kappa shape index (κ2) is 5.30. The molecule has 1 aliphatic carbocycles. The van der Waals surface area contributed by atoms with Crippen molar-refractivity contribution in [3.63, 3.8) is 0 Å². The lowest BCUT2D eigenvalue weighted by molar-refractivity contribution is -0.136. The number of aryl methyl sites for hydroxylation is 1. The van der Waals surface area contributed by atoms with E-state index in [1.54, 1.807) is 11.3 Å². The fourth-order valence-electron chi connectivity index (χ4n) is 1.67. The fraction of sp³-hybridized carbons (Fsp3) is 0.636. The van der Waals surface area contributed by atoms with Crippen LogP contribution in [0.1, 0.15) is 31.4 Å². The minimum atomic E-state index is -0.767. The third-order valence-corrected chi connectivity index (χ3v) is 3.76. The van der Waals surface area contributed by atoms with Crippen LogP contribution in [-0.4, -0.2) is 22.6 Å². The van der Waals surface area contributed by atoms with Crippen molar-refractivity contribution in [1.82, 2.24) is 4.98 Å². The van der Waals surface area contributed by atoms with Crippen molar-refractivity contribution >= 4 is 22.4 Å². The number of anilines is 1. The number of aromatic nitrogens is 1. The number of hydrogen-bond acceptors (Lipinski definition) is 4. The summed E-state index contributed by atoms with van der Waals surface area (Å²) in [5, 5.41) is 14.7. The van der Waals surface area contributed by atoms with E-state index in [1.807, 2.05) is 5.38 Å². The van der Waals surface area contributed by atoms with Crippen molar-refractivity contribution in [3.8, 4) is 0 Å². The van der Waals surface area contributed by atoms with Gasteiger partial charge in [0.1, 0.15) is 0 Å². The number of nitrogens with zero attached hydrogens (tertiary/aromatic N) is 1. The second-order valence-electron chi connectivity index (χ2n) is 4.22. The first-order chi connectivity index (χ1) is 7.74. The second-order valence-corrected chi connectivity index (χ2v) is 5.07. The molecule has 0 aliphatic heterocycles. The Morgan fingerprint density at radius 3 is 3.06 bits per heavy atom. The molecule has 1 aliphatic rings. The maximum Gasteiger partial charge on any atom is 0.303 e. The largest absolute Gasteiger partial charge is 0.481 e. The van der Waals surface area contributed by atoms with Gasteiger partial charge in [0.2, 0.25) is 0 Å². The molecule has 1 aromatic heterocycles. The molecule has 1 fully saturated rings. The first kappa shape index (κ1) is 11.4. The van der Waals surface area contributed by atoms with Gasteiger partial charge in [-0.25, -0.2) is 4.98 Å². The summed E-state index contributed by atoms with van der Waals surface area (Å²) in [7, 11) is 0. The van der Waals surface area contributed by atoms with Gasteiger partial charge < -0.3 is 10.4 Å². The number of aliphatic carboxylic acids is 1. The molecule has 5 heteroatoms. The zero-order chi connectivity index (χ0) is 11.4. The number of carboxylic acid groups (broad SMARTS) is 1. The summed E-state index contributed by atoms with van der Waals surface area (Å²) in [6.07, 6.45) is 4.69. The molecule has 2 N–H and O–H groups in total. The van der Waals surface area contributed by atoms with Gasteiger partial charge in [-0.2, -0.15) is 0 Å². The predicted molar refractivity (Wildman–Crippen MR) is 63.9 cm³/mol. The van der Waals surface area contributed by atoms with Crippen LogP contribution in [0.15, 0.2) is 5.38 Å². The van der Waals surface area contributed by atoms with Crippen LogP contribution in [0.4, 0.5) is 5.13 Å². The van der Waals surface area contributed by atoms with Crippen molar-refractivity contribution in [1.29, 1.82) is 0 Å². The zero-order valence-corrected chi connectivity index (χ0v) is 9.92. The number of carbonyl (C=O) groups is 1. The Morgan fingerprint density at radius 2 is 2.44 bits per heavy atom. The summed E-state index contributed by atoms with van der Waals surface area (Å²) < 4.78 is 0. The zero-order valence-electron chi connectivity index (χ0n) is 9.11. The minimum absolute atomic E-state index is 0.159. The minimum Gasteiger partial charge on any atom is -0.481 e. The Labute approximate surface area is 98.7 Å². The average Bonchev–Trinajstić information content (AvgIpc) is 2.60. The summed E-state index contributed by atoms with van der Waals surface area (Å²) in [5.74, 6) is 0.0448. The van der Waals surface area contributed by atoms with Crippen molar-refractivity contribution in [2.24, 2.45) is 5.92 Å². The first-order valence-corrected chi connectivity index (χ1v) is 6.52. The molecule has 16 heavy (non-hydrogen) atoms. The van der Waals surface area contributed by atoms with Gasteiger partial charge >= 0.3 is 5.97 Å². The van der Waals surface area contributed by atoms with E-state index in [-0.39, 0.29) is 6.42 Å². The number of carboxylic acids is 1. The van der Waals surface area contributed by atoms with Gasteiger partial charge in [-0.05, 0) is 18.8 Å². The van der Waals surface area contributed by atoms with E-state index in [2.05, 4.69) is 10.3 Å². The molecule has 0 saturated heterocycles. The Morgan fingerprint density at radius 1 is 1.62 bits per heavy atom. The normalized spacial score (nSPS) is 15.8. The standard InChI is InChI=1S/C11H16N2O2S/c14-10(15)5-4-9-7-16-11(13-9)12-6-8-2-1-3-8/h7-8H,1-6H2,(H,12,13)(H,14,15). The highest BCUT2D eigenvalue weighted by Gasteiger charge is 2.17. The van der Waals surface area contributed by atoms with E-state index in [0.717, 1.165) is 23.3 Å². The molecule has 0 radical (unpaired) electrons. The molecular weight excluding hydrogens is 224 g/mol. The van der Waals surface area contributed by atoms with Crippen LogP contribution in [0.3, 0.4) is 0 Å². The van der Waals surface area contributed by atoms with E-state index in [9.17, 15) is 4.79 Å². The van der Waals surface area contributed by atoms with E-state index in [1.165, 1.54) is 19.3 Å². The lowest BCUT2D eigenvalue weighted by Crippen LogP contribution is -2.20. The quantitative estimate of drug-likeness (QED) is 0.801. The van der Waals surface area contributed by atoms with Crippen LogP contribution in [-0.2, 0) is 11.2 Å². The summed E-state index contributed by atoms with van der Waals surface area (Å²) in [6.45, 7) is 1.01. The van der Waals surface area contributed by atoms with Gasteiger partial charge in [0.15, 0.2) is 5.13 Å². The molecule has 1 aromatic rings. The maximum atomic E-state index is 10.4. The topological polar surface area (TPSA) is 62.2 Å². The van der Waals surface area contributed by atoms with Crippen LogP contribution >= 0.6 is 11.3 Å². The van der Waals surface area contributed by atoms with Gasteiger partial charge in [-0.3, -0.25) is 4.79 Å². The van der Waals surface area contributed by atoms with Crippen LogP contribution < -0.4 is 5.32 Å². The molecule has 0 bridgehead atoms. The van der Waals surface area contributed by atoms with Crippen LogP contribution in [0.2, 0.25) is 0 Å². The Bertz CT molecular complexity index is 361. The van der Waals surface area contributed by atoms with Crippen molar-refractivity contribution in [2.45, 2.75) is 32.1 Å². The molecule has 1 heterocycles. The van der Waals surface area contributed by atoms with Crippen molar-refractivity contribution in [2.75, 3.05) is 11.9 Å². The number of nitrogens with one attached hydrogen (secondary N) is 1. The maximum absolute atomic E-state index is 10.4. The van der Waals surface area contributed by atoms with Gasteiger partial charge in [0, 0.05) is 18.3 Å². The van der Waals surface area contributed by atoms with Crippen LogP contribution in [0.5, 0.6) is 0 Å². The molecular formula is C11H16N2O2S. The smallest absolute Gasteiger partial charge is 0.303 e. The van der Waals surface area contributed by atoms with Crippen molar-refractivity contribution < 1.29 is 9.90 Å². The molecule has 0 atom stereocenters. The van der Waals surface area contributed by atoms with Crippen molar-refractivity contribution in [3.05, 3.63) is 11.1 Å². The third-order valence-electron chi connectivity index (χ3n) is 2.91. The Hall–Kier alpha value is -1.10. The number of rotatable bonds is 6. The average molecular weight is 240 g/mol. The fourth-order valence-corrected chi connectivity index (χ4v) is 2.42. The van der Waals surface area contributed by atoms with Crippen LogP contribution in [0, 0.1) is 5.92 Å². The monoisotopic (exact) mass is 240 g/mol. The van der Waals surface area contributed by atoms with Gasteiger partial charge in [0.05, 0.1) is 12.1 Å². The summed E-state index contributed by atoms with van der Waals surface area (Å²) in [4.78, 5) is 14.8. The van der Waals surface area contributed by atoms with Crippen LogP contribution in [0.25, 0.3) is 0 Å². The molecule has 88 valence electrons. The lowest BCUT2D eigenvalue weighted by Gasteiger charge is -2.25. The van der Waals surface area contributed by atoms with E-state index < -0.39 is 5.97 Å². The molecule has 1 saturated carbocycles. The third kappa shape index (κ3) is 3.20. The summed E-state index contributed by atoms with van der Waals surface area (Å²) in [5.41, 5.74) is 0.878. The Kier molecular flexibility index (Phi) is 3.77. The number of hydrogen-bond donors (Lipinski definition) is 2. The summed E-state index contributed by atoms with van der Waals surface area (Å²) >= 11 is 1.56. The summed E-state index contributed by atoms with van der Waals surface area (Å²) in [6, 6.07) is 0. The Balaban J connectivity index is 1.74. The van der Waals surface area contributed by atoms with E-state index in [0.29, 0.717) is 6.42 Å². The van der Waals surface area contributed by atoms with E-state index >= 15 is 0 Å². The van der Waals surface area contributed by atoms with Gasteiger partial charge in [0.25, 0.3) is 0 Å². The van der Waals surface area contributed by atoms with Gasteiger partial charge in [-0.15, -0.1) is 11.3 Å². The first-order valence-electron chi connectivity index (χ1n) is 5.64. The van der Waals surface area contributed by atoms with E-state index in [4.69, 9.17) is 5.11 Å². The highest BCUT2D eigenvalue weighted by atomic mass is 32.1. The molecule has 0 unspecified atom stereocenters. The number of thiazole rings is 1. The lowest BCUT2D eigenvalue weighted by atomic mass is 9.86. The molecule has 0 spiro atoms. The predicted octanol–water partition coefficient (Wildman–Crippen LogP) is 2.37. The molecule has 0 aromatic carbocycles. The molecule has 0 amide bonds. The molecule has 2 rings (SSSR count).